The number of phenols is 2. The number of aliphatic hydroxyl groups is 1. The predicted molar refractivity (Wildman–Crippen MR) is 294 cm³/mol. The number of aryl methyl sites for hydroxylation is 1. The molecule has 1 saturated heterocycles. The first-order valence-electron chi connectivity index (χ1n) is 26.2. The van der Waals surface area contributed by atoms with Crippen LogP contribution in [0.3, 0.4) is 0 Å². The number of likely N-dealkylation sites (tertiary alicyclic amines) is 1. The first-order valence-corrected chi connectivity index (χ1v) is 27.9. The van der Waals surface area contributed by atoms with Crippen LogP contribution in [0, 0.1) is 18.3 Å². The highest BCUT2D eigenvalue weighted by atomic mass is 32.1. The van der Waals surface area contributed by atoms with E-state index in [1.54, 1.807) is 65.9 Å². The number of aromatic nitrogens is 1. The van der Waals surface area contributed by atoms with Gasteiger partial charge in [0.2, 0.25) is 17.7 Å². The molecule has 4 aromatic carbocycles. The highest BCUT2D eigenvalue weighted by molar-refractivity contribution is 7.22. The molecule has 8 rings (SSSR count). The number of amides is 3. The first-order chi connectivity index (χ1) is 35.5. The number of ether oxygens (including phenoxy) is 1. The molecular weight excluding hydrogens is 971 g/mol. The second-order valence-corrected chi connectivity index (χ2v) is 23.1. The Morgan fingerprint density at radius 2 is 1.51 bits per heavy atom. The monoisotopic (exact) mass is 1040 g/mol. The summed E-state index contributed by atoms with van der Waals surface area (Å²) in [6.07, 6.45) is 8.01. The van der Waals surface area contributed by atoms with Crippen molar-refractivity contribution in [3.63, 3.8) is 0 Å². The summed E-state index contributed by atoms with van der Waals surface area (Å²) in [4.78, 5) is 65.6. The van der Waals surface area contributed by atoms with Crippen molar-refractivity contribution in [2.75, 3.05) is 32.8 Å². The third kappa shape index (κ3) is 13.6. The Labute approximate surface area is 443 Å². The van der Waals surface area contributed by atoms with Gasteiger partial charge < -0.3 is 35.6 Å². The van der Waals surface area contributed by atoms with Gasteiger partial charge in [0, 0.05) is 58.6 Å². The lowest BCUT2D eigenvalue weighted by Crippen LogP contribution is -2.57. The number of hydrogen-bond donors (Lipinski definition) is 5. The summed E-state index contributed by atoms with van der Waals surface area (Å²) < 4.78 is 7.03. The van der Waals surface area contributed by atoms with E-state index in [4.69, 9.17) is 4.74 Å². The molecule has 74 heavy (non-hydrogen) atoms. The second-order valence-electron chi connectivity index (χ2n) is 21.2. The van der Waals surface area contributed by atoms with Crippen LogP contribution in [0.25, 0.3) is 31.0 Å². The Kier molecular flexibility index (Phi) is 17.9. The lowest BCUT2D eigenvalue weighted by atomic mass is 9.85. The maximum absolute atomic E-state index is 14.2. The van der Waals surface area contributed by atoms with E-state index in [9.17, 15) is 34.5 Å². The number of β-amino-alcohol motifs (C(OH)–C–C–N with tert-alkyl or cyclic N) is 1. The average Bonchev–Trinajstić information content (AvgIpc) is 4.09. The molecule has 392 valence electrons. The van der Waals surface area contributed by atoms with Crippen molar-refractivity contribution < 1.29 is 39.2 Å². The summed E-state index contributed by atoms with van der Waals surface area (Å²) in [6.45, 7) is 12.9. The topological polar surface area (TPSA) is 182 Å². The molecule has 1 aliphatic heterocycles. The Hall–Kier alpha value is -6.13. The van der Waals surface area contributed by atoms with E-state index in [2.05, 4.69) is 20.5 Å². The summed E-state index contributed by atoms with van der Waals surface area (Å²) in [5.41, 5.74) is 6.04. The molecule has 5 N–H and O–H groups in total. The predicted octanol–water partition coefficient (Wildman–Crippen LogP) is 10.8. The van der Waals surface area contributed by atoms with Gasteiger partial charge in [-0.25, -0.2) is 4.98 Å². The smallest absolute Gasteiger partial charge is 0.246 e. The summed E-state index contributed by atoms with van der Waals surface area (Å²) in [6, 6.07) is 25.1. The minimum Gasteiger partial charge on any atom is -0.508 e. The summed E-state index contributed by atoms with van der Waals surface area (Å²) >= 11 is 3.02. The maximum atomic E-state index is 14.2. The number of phenolic OH excluding ortho intramolecular Hbond substituents is 2. The van der Waals surface area contributed by atoms with Crippen LogP contribution < -0.4 is 15.4 Å². The van der Waals surface area contributed by atoms with Crippen molar-refractivity contribution in [1.82, 2.24) is 25.4 Å². The molecular formula is C59H71N5O8S2. The normalized spacial score (nSPS) is 16.8. The van der Waals surface area contributed by atoms with Crippen LogP contribution in [0.2, 0.25) is 0 Å². The number of fused-ring (bicyclic) bond motifs is 1. The molecule has 4 atom stereocenters. The van der Waals surface area contributed by atoms with Crippen LogP contribution in [0.15, 0.2) is 96.5 Å². The summed E-state index contributed by atoms with van der Waals surface area (Å²) in [7, 11) is 0. The van der Waals surface area contributed by atoms with Crippen molar-refractivity contribution >= 4 is 56.3 Å². The van der Waals surface area contributed by atoms with Crippen LogP contribution in [-0.4, -0.2) is 105 Å². The van der Waals surface area contributed by atoms with Crippen LogP contribution in [0.5, 0.6) is 17.2 Å². The van der Waals surface area contributed by atoms with Gasteiger partial charge in [0.05, 0.1) is 28.2 Å². The molecule has 1 saturated carbocycles. The average molecular weight is 1040 g/mol. The number of nitrogens with one attached hydrogen (secondary N) is 2. The van der Waals surface area contributed by atoms with E-state index in [0.717, 1.165) is 87.5 Å². The number of nitrogens with zero attached hydrogens (tertiary/aromatic N) is 3. The van der Waals surface area contributed by atoms with Gasteiger partial charge in [-0.05, 0) is 141 Å². The lowest BCUT2D eigenvalue weighted by molar-refractivity contribution is -0.144. The molecule has 2 fully saturated rings. The molecule has 2 aliphatic rings. The van der Waals surface area contributed by atoms with Crippen LogP contribution in [0.1, 0.15) is 125 Å². The Balaban J connectivity index is 0.767. The molecule has 0 bridgehead atoms. The Bertz CT molecular complexity index is 2870. The third-order valence-electron chi connectivity index (χ3n) is 14.5. The number of hydrogen-bond acceptors (Lipinski definition) is 12. The fourth-order valence-corrected chi connectivity index (χ4v) is 12.1. The molecule has 15 heteroatoms. The van der Waals surface area contributed by atoms with Crippen molar-refractivity contribution in [2.45, 2.75) is 123 Å². The SMILES string of the molecule is Cc1ncsc1-c1ccc([C@H](C)NC(=O)[C@@H]2C[C@H](O)CN2C(=O)[C@@H](NC(=O)CCCCCCCN(CCOc2ccc(C(=O)c3c(-c4ccc(O)cc4)sc4cc(O)ccc34)cc2)CC2CCC2)C(C)(C)C)cc1. The quantitative estimate of drug-likeness (QED) is 0.0306. The summed E-state index contributed by atoms with van der Waals surface area (Å²) in [5.74, 6) is 0.653. The van der Waals surface area contributed by atoms with Crippen molar-refractivity contribution in [3.05, 3.63) is 119 Å². The van der Waals surface area contributed by atoms with Gasteiger partial charge in [-0.2, -0.15) is 0 Å². The fourth-order valence-electron chi connectivity index (χ4n) is 10.0. The molecule has 13 nitrogen and oxygen atoms in total. The van der Waals surface area contributed by atoms with Crippen LogP contribution >= 0.6 is 22.7 Å². The minimum absolute atomic E-state index is 0.0218. The van der Waals surface area contributed by atoms with Crippen LogP contribution in [0.4, 0.5) is 0 Å². The van der Waals surface area contributed by atoms with E-state index in [-0.39, 0.29) is 54.0 Å². The van der Waals surface area contributed by atoms with E-state index in [1.165, 1.54) is 35.5 Å². The minimum atomic E-state index is -0.869. The Morgan fingerprint density at radius 1 is 0.838 bits per heavy atom. The second kappa shape index (κ2) is 24.5. The largest absolute Gasteiger partial charge is 0.508 e. The first kappa shape index (κ1) is 54.1. The number of unbranched alkanes of at least 4 members (excludes halogenated alkanes) is 4. The number of aliphatic hydroxyl groups excluding tert-OH is 1. The zero-order valence-corrected chi connectivity index (χ0v) is 44.9. The highest BCUT2D eigenvalue weighted by Gasteiger charge is 2.44. The van der Waals surface area contributed by atoms with E-state index < -0.39 is 23.6 Å². The molecule has 3 amide bonds. The molecule has 2 aromatic heterocycles. The zero-order valence-electron chi connectivity index (χ0n) is 43.3. The third-order valence-corrected chi connectivity index (χ3v) is 16.7. The van der Waals surface area contributed by atoms with Crippen LogP contribution in [-0.2, 0) is 14.4 Å². The van der Waals surface area contributed by atoms with E-state index in [1.807, 2.05) is 76.5 Å². The molecule has 0 unspecified atom stereocenters. The zero-order chi connectivity index (χ0) is 52.5. The van der Waals surface area contributed by atoms with Crippen molar-refractivity contribution in [1.29, 1.82) is 0 Å². The number of ketones is 1. The standard InChI is InChI=1S/C59H71N5O8S2/c1-37(40-15-17-42(18-16-40)54-38(2)60-36-73-54)61-57(70)49-32-46(67)35-64(49)58(71)56(59(3,4)5)62-51(68)14-9-7-6-8-10-29-63(34-39-12-11-13-39)30-31-72-47-26-21-41(22-27-47)53(69)52-48-28-25-45(66)33-50(48)74-55(52)43-19-23-44(65)24-20-43/h15-28,33,36-37,39,46,49,56,65-67H,6-14,29-32,34-35H2,1-5H3,(H,61,70)(H,62,68)/t37-,46-,49-,56+/m0/s1. The van der Waals surface area contributed by atoms with E-state index in [0.29, 0.717) is 42.2 Å². The number of aromatic hydroxyl groups is 2. The molecule has 6 aromatic rings. The number of carbonyl (C=O) groups is 4. The summed E-state index contributed by atoms with van der Waals surface area (Å²) in [5, 5.41) is 37.6. The van der Waals surface area contributed by atoms with Gasteiger partial charge in [-0.3, -0.25) is 24.1 Å². The van der Waals surface area contributed by atoms with Crippen molar-refractivity contribution in [3.8, 4) is 38.1 Å². The van der Waals surface area contributed by atoms with Gasteiger partial charge in [0.25, 0.3) is 0 Å². The van der Waals surface area contributed by atoms with Gasteiger partial charge in [-0.1, -0.05) is 70.7 Å². The maximum Gasteiger partial charge on any atom is 0.246 e. The van der Waals surface area contributed by atoms with Gasteiger partial charge in [0.15, 0.2) is 5.78 Å². The highest BCUT2D eigenvalue weighted by Crippen LogP contribution is 2.42. The molecule has 1 aliphatic carbocycles. The number of rotatable bonds is 23. The molecule has 0 spiro atoms. The van der Waals surface area contributed by atoms with Gasteiger partial charge in [0.1, 0.15) is 35.9 Å². The Morgan fingerprint density at radius 3 is 2.19 bits per heavy atom. The number of carbonyl (C=O) groups excluding carboxylic acids is 4. The van der Waals surface area contributed by atoms with Gasteiger partial charge in [-0.15, -0.1) is 22.7 Å². The molecule has 0 radical (unpaired) electrons. The fraction of sp³-hybridized carbons (Fsp3) is 0.441. The molecule has 3 heterocycles. The number of thiazole rings is 1. The van der Waals surface area contributed by atoms with Crippen molar-refractivity contribution in [2.24, 2.45) is 11.3 Å². The van der Waals surface area contributed by atoms with Gasteiger partial charge >= 0.3 is 0 Å². The number of thiophene rings is 1. The van der Waals surface area contributed by atoms with E-state index >= 15 is 0 Å². The lowest BCUT2D eigenvalue weighted by Gasteiger charge is -2.35. The number of benzene rings is 4.